The summed E-state index contributed by atoms with van der Waals surface area (Å²) >= 11 is 5.68. The van der Waals surface area contributed by atoms with Crippen LogP contribution in [-0.4, -0.2) is 30.6 Å². The van der Waals surface area contributed by atoms with E-state index in [-0.39, 0.29) is 42.9 Å². The zero-order chi connectivity index (χ0) is 15.2. The van der Waals surface area contributed by atoms with Crippen molar-refractivity contribution in [1.29, 1.82) is 0 Å². The van der Waals surface area contributed by atoms with Gasteiger partial charge in [-0.3, -0.25) is 9.63 Å². The van der Waals surface area contributed by atoms with Gasteiger partial charge in [0.05, 0.1) is 10.6 Å². The zero-order valence-corrected chi connectivity index (χ0v) is 12.1. The Labute approximate surface area is 129 Å². The zero-order valence-electron chi connectivity index (χ0n) is 10.5. The number of anilines is 1. The Bertz CT molecular complexity index is 474. The van der Waals surface area contributed by atoms with Gasteiger partial charge in [0.1, 0.15) is 12.4 Å². The molecule has 4 N–H and O–H groups in total. The highest BCUT2D eigenvalue weighted by Crippen LogP contribution is 2.32. The van der Waals surface area contributed by atoms with Crippen LogP contribution in [0.15, 0.2) is 12.3 Å². The molecule has 1 aromatic rings. The molecule has 0 fully saturated rings. The predicted molar refractivity (Wildman–Crippen MR) is 73.1 cm³/mol. The second-order valence-corrected chi connectivity index (χ2v) is 4.05. The van der Waals surface area contributed by atoms with E-state index >= 15 is 0 Å². The molecule has 1 aromatic heterocycles. The molecule has 0 unspecified atom stereocenters. The molecule has 1 amide bonds. The standard InChI is InChI=1S/C10H12ClF3N4O2.ClH/c11-7-3-6(10(12,13)14)4-18-9(7)17-2-1-16-8(19)5-20-15;/h3-4H,1-2,5,15H2,(H,16,19)(H,17,18);1H. The summed E-state index contributed by atoms with van der Waals surface area (Å²) < 4.78 is 37.1. The summed E-state index contributed by atoms with van der Waals surface area (Å²) in [5.74, 6) is 4.38. The number of aromatic nitrogens is 1. The van der Waals surface area contributed by atoms with E-state index in [2.05, 4.69) is 20.5 Å². The van der Waals surface area contributed by atoms with Gasteiger partial charge < -0.3 is 10.6 Å². The topological polar surface area (TPSA) is 89.3 Å². The van der Waals surface area contributed by atoms with E-state index in [9.17, 15) is 18.0 Å². The number of nitrogens with one attached hydrogen (secondary N) is 2. The SMILES string of the molecule is Cl.NOCC(=O)NCCNc1ncc(C(F)(F)F)cc1Cl. The number of nitrogens with two attached hydrogens (primary N) is 1. The minimum absolute atomic E-state index is 0. The van der Waals surface area contributed by atoms with Crippen LogP contribution in [0.4, 0.5) is 19.0 Å². The van der Waals surface area contributed by atoms with Gasteiger partial charge in [0, 0.05) is 19.3 Å². The highest BCUT2D eigenvalue weighted by Gasteiger charge is 2.31. The molecule has 0 saturated heterocycles. The van der Waals surface area contributed by atoms with Crippen LogP contribution in [0.3, 0.4) is 0 Å². The minimum atomic E-state index is -4.49. The van der Waals surface area contributed by atoms with Gasteiger partial charge >= 0.3 is 6.18 Å². The van der Waals surface area contributed by atoms with Crippen molar-refractivity contribution in [2.45, 2.75) is 6.18 Å². The largest absolute Gasteiger partial charge is 0.417 e. The fraction of sp³-hybridized carbons (Fsp3) is 0.400. The quantitative estimate of drug-likeness (QED) is 0.536. The number of hydrogen-bond acceptors (Lipinski definition) is 5. The number of hydrogen-bond donors (Lipinski definition) is 3. The fourth-order valence-corrected chi connectivity index (χ4v) is 1.47. The average molecular weight is 349 g/mol. The molecular weight excluding hydrogens is 336 g/mol. The van der Waals surface area contributed by atoms with Gasteiger partial charge in [-0.05, 0) is 6.07 Å². The van der Waals surface area contributed by atoms with Crippen LogP contribution < -0.4 is 16.5 Å². The molecule has 0 aromatic carbocycles. The van der Waals surface area contributed by atoms with E-state index in [1.54, 1.807) is 0 Å². The summed E-state index contributed by atoms with van der Waals surface area (Å²) in [4.78, 5) is 18.7. The number of carbonyl (C=O) groups is 1. The molecule has 0 saturated carbocycles. The molecule has 6 nitrogen and oxygen atoms in total. The lowest BCUT2D eigenvalue weighted by molar-refractivity contribution is -0.137. The molecule has 1 heterocycles. The number of amides is 1. The van der Waals surface area contributed by atoms with Gasteiger partial charge in [-0.1, -0.05) is 11.6 Å². The van der Waals surface area contributed by atoms with E-state index in [4.69, 9.17) is 17.5 Å². The molecule has 0 aliphatic carbocycles. The first-order valence-corrected chi connectivity index (χ1v) is 5.77. The van der Waals surface area contributed by atoms with Gasteiger partial charge in [0.15, 0.2) is 0 Å². The fourth-order valence-electron chi connectivity index (χ4n) is 1.23. The summed E-state index contributed by atoms with van der Waals surface area (Å²) in [5, 5.41) is 4.99. The lowest BCUT2D eigenvalue weighted by atomic mass is 10.3. The van der Waals surface area contributed by atoms with Gasteiger partial charge in [0.2, 0.25) is 5.91 Å². The van der Waals surface area contributed by atoms with Crippen molar-refractivity contribution in [3.8, 4) is 0 Å². The van der Waals surface area contributed by atoms with Gasteiger partial charge in [-0.25, -0.2) is 10.9 Å². The minimum Gasteiger partial charge on any atom is -0.367 e. The molecule has 0 aliphatic rings. The Hall–Kier alpha value is -1.29. The van der Waals surface area contributed by atoms with E-state index in [1.165, 1.54) is 0 Å². The maximum absolute atomic E-state index is 12.4. The van der Waals surface area contributed by atoms with Crippen LogP contribution in [0, 0.1) is 0 Å². The maximum atomic E-state index is 12.4. The van der Waals surface area contributed by atoms with Crippen LogP contribution >= 0.6 is 24.0 Å². The lowest BCUT2D eigenvalue weighted by Crippen LogP contribution is -2.32. The summed E-state index contributed by atoms with van der Waals surface area (Å²) in [6.45, 7) is 0.162. The van der Waals surface area contributed by atoms with Crippen LogP contribution in [0.1, 0.15) is 5.56 Å². The smallest absolute Gasteiger partial charge is 0.367 e. The number of halogens is 5. The van der Waals surface area contributed by atoms with Crippen molar-refractivity contribution in [1.82, 2.24) is 10.3 Å². The molecule has 0 spiro atoms. The molecule has 120 valence electrons. The van der Waals surface area contributed by atoms with E-state index in [0.717, 1.165) is 6.07 Å². The van der Waals surface area contributed by atoms with Crippen LogP contribution in [0.25, 0.3) is 0 Å². The Morgan fingerprint density at radius 3 is 2.62 bits per heavy atom. The highest BCUT2D eigenvalue weighted by atomic mass is 35.5. The molecule has 0 aliphatic heterocycles. The maximum Gasteiger partial charge on any atom is 0.417 e. The highest BCUT2D eigenvalue weighted by molar-refractivity contribution is 6.32. The molecule has 11 heteroatoms. The lowest BCUT2D eigenvalue weighted by Gasteiger charge is -2.11. The second-order valence-electron chi connectivity index (χ2n) is 3.64. The predicted octanol–water partition coefficient (Wildman–Crippen LogP) is 1.59. The van der Waals surface area contributed by atoms with Gasteiger partial charge in [-0.2, -0.15) is 13.2 Å². The van der Waals surface area contributed by atoms with Crippen LogP contribution in [-0.2, 0) is 15.8 Å². The van der Waals surface area contributed by atoms with Crippen molar-refractivity contribution in [3.05, 3.63) is 22.8 Å². The van der Waals surface area contributed by atoms with E-state index in [0.29, 0.717) is 6.20 Å². The Morgan fingerprint density at radius 2 is 2.10 bits per heavy atom. The number of rotatable bonds is 6. The van der Waals surface area contributed by atoms with Crippen molar-refractivity contribution in [2.24, 2.45) is 5.90 Å². The summed E-state index contributed by atoms with van der Waals surface area (Å²) in [6, 6.07) is 0.776. The van der Waals surface area contributed by atoms with E-state index < -0.39 is 17.6 Å². The Kier molecular flexibility index (Phi) is 8.33. The normalized spacial score (nSPS) is 10.7. The third kappa shape index (κ3) is 6.80. The van der Waals surface area contributed by atoms with Crippen molar-refractivity contribution in [2.75, 3.05) is 25.0 Å². The first kappa shape index (κ1) is 19.7. The summed E-state index contributed by atoms with van der Waals surface area (Å²) in [7, 11) is 0. The first-order chi connectivity index (χ1) is 9.34. The molecule has 0 bridgehead atoms. The molecule has 21 heavy (non-hydrogen) atoms. The van der Waals surface area contributed by atoms with Crippen molar-refractivity contribution >= 4 is 35.7 Å². The number of nitrogens with zero attached hydrogens (tertiary/aromatic N) is 1. The number of carbonyl (C=O) groups excluding carboxylic acids is 1. The molecular formula is C10H13Cl2F3N4O2. The third-order valence-corrected chi connectivity index (χ3v) is 2.41. The second kappa shape index (κ2) is 8.88. The van der Waals surface area contributed by atoms with Crippen molar-refractivity contribution in [3.63, 3.8) is 0 Å². The van der Waals surface area contributed by atoms with Crippen LogP contribution in [0.2, 0.25) is 5.02 Å². The monoisotopic (exact) mass is 348 g/mol. The van der Waals surface area contributed by atoms with Gasteiger partial charge in [0.25, 0.3) is 0 Å². The van der Waals surface area contributed by atoms with E-state index in [1.807, 2.05) is 0 Å². The third-order valence-electron chi connectivity index (χ3n) is 2.12. The average Bonchev–Trinajstić information content (AvgIpc) is 2.35. The first-order valence-electron chi connectivity index (χ1n) is 5.39. The van der Waals surface area contributed by atoms with Gasteiger partial charge in [-0.15, -0.1) is 12.4 Å². The summed E-state index contributed by atoms with van der Waals surface area (Å²) in [5.41, 5.74) is -0.929. The summed E-state index contributed by atoms with van der Waals surface area (Å²) in [6.07, 6.45) is -3.82. The van der Waals surface area contributed by atoms with Crippen LogP contribution in [0.5, 0.6) is 0 Å². The van der Waals surface area contributed by atoms with Crippen molar-refractivity contribution < 1.29 is 22.8 Å². The molecule has 1 rings (SSSR count). The molecule has 0 atom stereocenters. The Morgan fingerprint density at radius 1 is 1.43 bits per heavy atom. The Balaban J connectivity index is 0.00000400. The molecule has 0 radical (unpaired) electrons. The number of pyridine rings is 1. The number of alkyl halides is 3.